The molecule has 174 valence electrons. The molecule has 2 aromatic rings. The number of hydrogen-bond donors (Lipinski definition) is 0. The van der Waals surface area contributed by atoms with Gasteiger partial charge in [-0.25, -0.2) is 0 Å². The Balaban J connectivity index is 1.41. The summed E-state index contributed by atoms with van der Waals surface area (Å²) in [7, 11) is 0. The number of benzene rings is 2. The summed E-state index contributed by atoms with van der Waals surface area (Å²) in [4.78, 5) is 14.1. The zero-order chi connectivity index (χ0) is 23.0. The molecule has 0 unspecified atom stereocenters. The number of ketones is 1. The van der Waals surface area contributed by atoms with E-state index < -0.39 is 5.41 Å². The van der Waals surface area contributed by atoms with Crippen molar-refractivity contribution >= 4 is 11.9 Å². The van der Waals surface area contributed by atoms with Crippen LogP contribution in [0.3, 0.4) is 0 Å². The lowest BCUT2D eigenvalue weighted by atomic mass is 9.66. The first kappa shape index (κ1) is 21.6. The first-order valence-electron chi connectivity index (χ1n) is 13.2. The highest BCUT2D eigenvalue weighted by Gasteiger charge is 2.56. The number of Topliss-reactive ketones (excluding diaryl/α,β-unsaturated/α-hetero) is 1. The molecule has 1 spiro atoms. The Hall–Kier alpha value is -2.87. The van der Waals surface area contributed by atoms with E-state index in [0.29, 0.717) is 11.7 Å². The van der Waals surface area contributed by atoms with Gasteiger partial charge in [0.2, 0.25) is 0 Å². The van der Waals surface area contributed by atoms with Gasteiger partial charge in [-0.05, 0) is 92.6 Å². The first-order valence-corrected chi connectivity index (χ1v) is 13.2. The minimum absolute atomic E-state index is 0.202. The third-order valence-electron chi connectivity index (χ3n) is 8.51. The number of carbonyl (C=O) groups is 1. The Bertz CT molecular complexity index is 1150. The van der Waals surface area contributed by atoms with Crippen molar-refractivity contribution in [3.05, 3.63) is 100 Å². The molecule has 6 rings (SSSR count). The lowest BCUT2D eigenvalue weighted by molar-refractivity contribution is -0.134. The molecule has 3 atom stereocenters. The lowest BCUT2D eigenvalue weighted by Crippen LogP contribution is -2.40. The maximum atomic E-state index is 14.1. The van der Waals surface area contributed by atoms with Crippen LogP contribution < -0.4 is 0 Å². The van der Waals surface area contributed by atoms with E-state index in [1.807, 2.05) is 18.2 Å². The number of hydrogen-bond acceptors (Lipinski definition) is 2. The Labute approximate surface area is 203 Å². The monoisotopic (exact) mass is 450 g/mol. The van der Waals surface area contributed by atoms with Gasteiger partial charge in [-0.15, -0.1) is 0 Å². The van der Waals surface area contributed by atoms with Crippen LogP contribution in [-0.4, -0.2) is 5.78 Å². The largest absolute Gasteiger partial charge is 0.488 e. The van der Waals surface area contributed by atoms with Crippen molar-refractivity contribution in [3.8, 4) is 0 Å². The highest BCUT2D eigenvalue weighted by atomic mass is 16.5. The third kappa shape index (κ3) is 3.78. The van der Waals surface area contributed by atoms with Gasteiger partial charge in [0.05, 0.1) is 5.41 Å². The van der Waals surface area contributed by atoms with Gasteiger partial charge in [0, 0.05) is 5.92 Å². The summed E-state index contributed by atoms with van der Waals surface area (Å²) in [5.41, 5.74) is 5.74. The minimum atomic E-state index is -0.483. The molecule has 3 aliphatic carbocycles. The molecule has 2 aromatic carbocycles. The summed E-state index contributed by atoms with van der Waals surface area (Å²) in [6.07, 6.45) is 15.4. The van der Waals surface area contributed by atoms with Crippen LogP contribution in [0.5, 0.6) is 0 Å². The maximum absolute atomic E-state index is 14.1. The van der Waals surface area contributed by atoms with Gasteiger partial charge in [0.15, 0.2) is 5.78 Å². The molecule has 2 heteroatoms. The molecule has 2 nitrogen and oxygen atoms in total. The van der Waals surface area contributed by atoms with Crippen molar-refractivity contribution in [1.82, 2.24) is 0 Å². The molecule has 0 saturated heterocycles. The molecular formula is C32H34O2. The average Bonchev–Trinajstić information content (AvgIpc) is 3.19. The van der Waals surface area contributed by atoms with Crippen molar-refractivity contribution < 1.29 is 9.53 Å². The standard InChI is InChI=1S/C32H34O2/c33-30-26(21-23-11-4-1-5-12-23)19-20-32(30)22-27-17-10-18-28(24-13-6-2-7-14-24)29(27)34-31(32)25-15-8-3-9-16-25/h1,3-5,8-9,11-13,15-16,21,28,31H,2,6-7,10,14,17-20,22H2/b26-21+/t28-,31+,32-/m0/s1. The van der Waals surface area contributed by atoms with E-state index in [1.165, 1.54) is 49.9 Å². The summed E-state index contributed by atoms with van der Waals surface area (Å²) in [6, 6.07) is 20.8. The van der Waals surface area contributed by atoms with Gasteiger partial charge in [-0.1, -0.05) is 72.3 Å². The van der Waals surface area contributed by atoms with E-state index in [0.717, 1.165) is 42.4 Å². The van der Waals surface area contributed by atoms with E-state index in [4.69, 9.17) is 4.74 Å². The van der Waals surface area contributed by atoms with Crippen molar-refractivity contribution in [1.29, 1.82) is 0 Å². The second kappa shape index (κ2) is 9.06. The normalized spacial score (nSPS) is 30.3. The number of ether oxygens (including phenoxy) is 1. The van der Waals surface area contributed by atoms with Gasteiger partial charge >= 0.3 is 0 Å². The Kier molecular flexibility index (Phi) is 5.77. The van der Waals surface area contributed by atoms with Crippen molar-refractivity contribution in [2.75, 3.05) is 0 Å². The quantitative estimate of drug-likeness (QED) is 0.348. The smallest absolute Gasteiger partial charge is 0.169 e. The van der Waals surface area contributed by atoms with Crippen LogP contribution in [0.4, 0.5) is 0 Å². The lowest BCUT2D eigenvalue weighted by Gasteiger charge is -2.46. The summed E-state index contributed by atoms with van der Waals surface area (Å²) < 4.78 is 7.04. The average molecular weight is 451 g/mol. The fourth-order valence-electron chi connectivity index (χ4n) is 6.83. The van der Waals surface area contributed by atoms with E-state index in [2.05, 4.69) is 54.6 Å². The van der Waals surface area contributed by atoms with Gasteiger partial charge in [-0.2, -0.15) is 0 Å². The number of rotatable bonds is 3. The third-order valence-corrected chi connectivity index (χ3v) is 8.51. The summed E-state index contributed by atoms with van der Waals surface area (Å²) in [5, 5.41) is 0. The van der Waals surface area contributed by atoms with Gasteiger partial charge in [0.1, 0.15) is 11.9 Å². The van der Waals surface area contributed by atoms with Crippen LogP contribution in [0, 0.1) is 11.3 Å². The molecule has 34 heavy (non-hydrogen) atoms. The second-order valence-electron chi connectivity index (χ2n) is 10.6. The zero-order valence-corrected chi connectivity index (χ0v) is 20.0. The molecule has 0 amide bonds. The Morgan fingerprint density at radius 3 is 2.44 bits per heavy atom. The molecular weight excluding hydrogens is 416 g/mol. The first-order chi connectivity index (χ1) is 16.7. The Morgan fingerprint density at radius 2 is 1.68 bits per heavy atom. The van der Waals surface area contributed by atoms with Gasteiger partial charge in [0.25, 0.3) is 0 Å². The molecule has 1 aliphatic heterocycles. The molecule has 0 aromatic heterocycles. The van der Waals surface area contributed by atoms with Crippen LogP contribution in [0.1, 0.15) is 81.4 Å². The fraction of sp³-hybridized carbons (Fsp3) is 0.406. The molecule has 0 bridgehead atoms. The van der Waals surface area contributed by atoms with Crippen LogP contribution in [0.25, 0.3) is 6.08 Å². The summed E-state index contributed by atoms with van der Waals surface area (Å²) >= 11 is 0. The van der Waals surface area contributed by atoms with E-state index in [-0.39, 0.29) is 6.10 Å². The van der Waals surface area contributed by atoms with Gasteiger partial charge in [-0.3, -0.25) is 4.79 Å². The Morgan fingerprint density at radius 1 is 0.882 bits per heavy atom. The molecule has 0 N–H and O–H groups in total. The van der Waals surface area contributed by atoms with Crippen LogP contribution in [-0.2, 0) is 9.53 Å². The highest BCUT2D eigenvalue weighted by molar-refractivity contribution is 6.06. The van der Waals surface area contributed by atoms with E-state index in [1.54, 1.807) is 5.57 Å². The fourth-order valence-corrected chi connectivity index (χ4v) is 6.83. The van der Waals surface area contributed by atoms with E-state index >= 15 is 0 Å². The zero-order valence-electron chi connectivity index (χ0n) is 20.0. The maximum Gasteiger partial charge on any atom is 0.169 e. The molecule has 1 fully saturated rings. The highest BCUT2D eigenvalue weighted by Crippen LogP contribution is 2.59. The van der Waals surface area contributed by atoms with Crippen LogP contribution in [0.15, 0.2) is 89.2 Å². The number of allylic oxidation sites excluding steroid dienone is 4. The van der Waals surface area contributed by atoms with Crippen molar-refractivity contribution in [3.63, 3.8) is 0 Å². The minimum Gasteiger partial charge on any atom is -0.488 e. The second-order valence-corrected chi connectivity index (χ2v) is 10.6. The van der Waals surface area contributed by atoms with E-state index in [9.17, 15) is 4.79 Å². The van der Waals surface area contributed by atoms with Crippen molar-refractivity contribution in [2.24, 2.45) is 11.3 Å². The summed E-state index contributed by atoms with van der Waals surface area (Å²) in [5.74, 6) is 1.94. The predicted molar refractivity (Wildman–Crippen MR) is 137 cm³/mol. The topological polar surface area (TPSA) is 26.3 Å². The molecule has 0 radical (unpaired) electrons. The van der Waals surface area contributed by atoms with Gasteiger partial charge < -0.3 is 4.74 Å². The molecule has 1 heterocycles. The molecule has 4 aliphatic rings. The number of carbonyl (C=O) groups excluding carboxylic acids is 1. The summed E-state index contributed by atoms with van der Waals surface area (Å²) in [6.45, 7) is 0. The predicted octanol–water partition coefficient (Wildman–Crippen LogP) is 8.14. The van der Waals surface area contributed by atoms with Crippen LogP contribution in [0.2, 0.25) is 0 Å². The SMILES string of the molecule is O=C1/C(=C/c2ccccc2)CC[C@]12CC1=C(O[C@@H]2c2ccccc2)[C@H](C2=CCCCC2)CCC1. The molecule has 1 saturated carbocycles. The van der Waals surface area contributed by atoms with Crippen molar-refractivity contribution in [2.45, 2.75) is 70.3 Å². The van der Waals surface area contributed by atoms with Crippen LogP contribution >= 0.6 is 0 Å².